The number of carbonyl (C=O) groups excluding carboxylic acids is 3. The van der Waals surface area contributed by atoms with Crippen LogP contribution in [0.4, 0.5) is 4.79 Å². The van der Waals surface area contributed by atoms with Crippen LogP contribution in [0.3, 0.4) is 0 Å². The predicted molar refractivity (Wildman–Crippen MR) is 91.0 cm³/mol. The zero-order valence-corrected chi connectivity index (χ0v) is 14.3. The van der Waals surface area contributed by atoms with Crippen LogP contribution in [0.1, 0.15) is 41.9 Å². The Balaban J connectivity index is 1.70. The minimum absolute atomic E-state index is 0.138. The maximum atomic E-state index is 12.4. The van der Waals surface area contributed by atoms with Gasteiger partial charge >= 0.3 is 12.1 Å². The Bertz CT molecular complexity index is 811. The van der Waals surface area contributed by atoms with Gasteiger partial charge in [-0.2, -0.15) is 5.10 Å². The van der Waals surface area contributed by atoms with Crippen LogP contribution in [0.25, 0.3) is 5.69 Å². The highest BCUT2D eigenvalue weighted by atomic mass is 16.6. The quantitative estimate of drug-likeness (QED) is 0.796. The number of carbonyl (C=O) groups is 3. The standard InChI is InChI=1S/C18H19N3O5/c1-2-25-18(24)19-16(22)11-26-17(23)15-10-14(12-8-9-12)20-21(15)13-6-4-3-5-7-13/h3-7,10,12H,2,8-9,11H2,1H3,(H,19,22,24). The molecule has 0 radical (unpaired) electrons. The molecule has 0 bridgehead atoms. The van der Waals surface area contributed by atoms with Gasteiger partial charge in [0.1, 0.15) is 0 Å². The molecule has 8 nitrogen and oxygen atoms in total. The molecule has 136 valence electrons. The van der Waals surface area contributed by atoms with Crippen molar-refractivity contribution >= 4 is 18.0 Å². The van der Waals surface area contributed by atoms with E-state index in [0.717, 1.165) is 24.2 Å². The summed E-state index contributed by atoms with van der Waals surface area (Å²) in [4.78, 5) is 35.2. The van der Waals surface area contributed by atoms with Crippen LogP contribution in [-0.4, -0.2) is 41.0 Å². The fraction of sp³-hybridized carbons (Fsp3) is 0.333. The molecule has 0 unspecified atom stereocenters. The molecule has 1 aliphatic rings. The van der Waals surface area contributed by atoms with Gasteiger partial charge in [0.15, 0.2) is 12.3 Å². The molecular weight excluding hydrogens is 338 g/mol. The second-order valence-electron chi connectivity index (χ2n) is 5.82. The van der Waals surface area contributed by atoms with Gasteiger partial charge in [0, 0.05) is 5.92 Å². The first kappa shape index (κ1) is 17.7. The first-order valence-electron chi connectivity index (χ1n) is 8.37. The van der Waals surface area contributed by atoms with Crippen molar-refractivity contribution in [1.29, 1.82) is 0 Å². The third-order valence-corrected chi connectivity index (χ3v) is 3.79. The van der Waals surface area contributed by atoms with Crippen LogP contribution >= 0.6 is 0 Å². The molecule has 1 heterocycles. The van der Waals surface area contributed by atoms with E-state index in [-0.39, 0.29) is 12.3 Å². The van der Waals surface area contributed by atoms with Crippen LogP contribution in [-0.2, 0) is 14.3 Å². The van der Waals surface area contributed by atoms with E-state index in [2.05, 4.69) is 9.84 Å². The Morgan fingerprint density at radius 2 is 1.92 bits per heavy atom. The van der Waals surface area contributed by atoms with E-state index in [1.807, 2.05) is 35.6 Å². The van der Waals surface area contributed by atoms with Crippen molar-refractivity contribution in [3.63, 3.8) is 0 Å². The van der Waals surface area contributed by atoms with Crippen molar-refractivity contribution in [1.82, 2.24) is 15.1 Å². The van der Waals surface area contributed by atoms with Crippen LogP contribution in [0.15, 0.2) is 36.4 Å². The largest absolute Gasteiger partial charge is 0.451 e. The van der Waals surface area contributed by atoms with Crippen LogP contribution in [0.5, 0.6) is 0 Å². The highest BCUT2D eigenvalue weighted by Crippen LogP contribution is 2.39. The lowest BCUT2D eigenvalue weighted by Crippen LogP contribution is -2.34. The molecule has 8 heteroatoms. The predicted octanol–water partition coefficient (Wildman–Crippen LogP) is 2.18. The second kappa shape index (κ2) is 7.81. The SMILES string of the molecule is CCOC(=O)NC(=O)COC(=O)c1cc(C2CC2)nn1-c1ccccc1. The Morgan fingerprint density at radius 3 is 2.58 bits per heavy atom. The minimum atomic E-state index is -0.876. The Hall–Kier alpha value is -3.16. The van der Waals surface area contributed by atoms with Crippen molar-refractivity contribution < 1.29 is 23.9 Å². The lowest BCUT2D eigenvalue weighted by Gasteiger charge is -2.08. The zero-order valence-electron chi connectivity index (χ0n) is 14.3. The van der Waals surface area contributed by atoms with Gasteiger partial charge in [-0.3, -0.25) is 10.1 Å². The summed E-state index contributed by atoms with van der Waals surface area (Å²) in [5.41, 5.74) is 1.79. The number of hydrogen-bond acceptors (Lipinski definition) is 6. The monoisotopic (exact) mass is 357 g/mol. The number of para-hydroxylation sites is 1. The van der Waals surface area contributed by atoms with Gasteiger partial charge in [-0.05, 0) is 38.0 Å². The summed E-state index contributed by atoms with van der Waals surface area (Å²) in [6, 6.07) is 10.9. The van der Waals surface area contributed by atoms with E-state index in [1.165, 1.54) is 4.68 Å². The highest BCUT2D eigenvalue weighted by Gasteiger charge is 2.29. The molecular formula is C18H19N3O5. The summed E-state index contributed by atoms with van der Waals surface area (Å²) in [5.74, 6) is -1.09. The molecule has 0 aliphatic heterocycles. The van der Waals surface area contributed by atoms with E-state index in [9.17, 15) is 14.4 Å². The first-order valence-corrected chi connectivity index (χ1v) is 8.37. The molecule has 1 fully saturated rings. The number of alkyl carbamates (subject to hydrolysis) is 1. The third kappa shape index (κ3) is 4.27. The summed E-state index contributed by atoms with van der Waals surface area (Å²) in [6.45, 7) is 1.17. The Kier molecular flexibility index (Phi) is 5.31. The molecule has 1 aromatic carbocycles. The lowest BCUT2D eigenvalue weighted by atomic mass is 10.2. The second-order valence-corrected chi connectivity index (χ2v) is 5.82. The van der Waals surface area contributed by atoms with E-state index in [0.29, 0.717) is 5.92 Å². The number of esters is 1. The molecule has 2 aromatic rings. The zero-order chi connectivity index (χ0) is 18.5. The number of rotatable bonds is 6. The number of nitrogens with one attached hydrogen (secondary N) is 1. The molecule has 1 aliphatic carbocycles. The topological polar surface area (TPSA) is 99.5 Å². The van der Waals surface area contributed by atoms with Crippen molar-refractivity contribution in [2.45, 2.75) is 25.7 Å². The van der Waals surface area contributed by atoms with Gasteiger partial charge in [0.05, 0.1) is 18.0 Å². The molecule has 0 saturated heterocycles. The number of nitrogens with zero attached hydrogens (tertiary/aromatic N) is 2. The normalized spacial score (nSPS) is 13.1. The van der Waals surface area contributed by atoms with Crippen LogP contribution in [0.2, 0.25) is 0 Å². The van der Waals surface area contributed by atoms with Gasteiger partial charge in [-0.25, -0.2) is 14.3 Å². The first-order chi connectivity index (χ1) is 12.6. The number of aromatic nitrogens is 2. The Morgan fingerprint density at radius 1 is 1.19 bits per heavy atom. The molecule has 0 atom stereocenters. The molecule has 1 saturated carbocycles. The third-order valence-electron chi connectivity index (χ3n) is 3.79. The number of imide groups is 1. The Labute approximate surface area is 150 Å². The fourth-order valence-electron chi connectivity index (χ4n) is 2.41. The maximum Gasteiger partial charge on any atom is 0.413 e. The summed E-state index contributed by atoms with van der Waals surface area (Å²) in [6.07, 6.45) is 1.21. The average molecular weight is 357 g/mol. The van der Waals surface area contributed by atoms with Crippen molar-refractivity contribution in [2.24, 2.45) is 0 Å². The minimum Gasteiger partial charge on any atom is -0.451 e. The number of hydrogen-bond donors (Lipinski definition) is 1. The summed E-state index contributed by atoms with van der Waals surface area (Å²) in [5, 5.41) is 6.47. The molecule has 1 N–H and O–H groups in total. The van der Waals surface area contributed by atoms with Crippen LogP contribution < -0.4 is 5.32 Å². The molecule has 0 spiro atoms. The van der Waals surface area contributed by atoms with Gasteiger partial charge < -0.3 is 9.47 Å². The fourth-order valence-corrected chi connectivity index (χ4v) is 2.41. The van der Waals surface area contributed by atoms with Crippen LogP contribution in [0, 0.1) is 0 Å². The van der Waals surface area contributed by atoms with Crippen molar-refractivity contribution in [2.75, 3.05) is 13.2 Å². The molecule has 26 heavy (non-hydrogen) atoms. The van der Waals surface area contributed by atoms with E-state index >= 15 is 0 Å². The molecule has 1 aromatic heterocycles. The number of benzene rings is 1. The smallest absolute Gasteiger partial charge is 0.413 e. The number of amides is 2. The lowest BCUT2D eigenvalue weighted by molar-refractivity contribution is -0.123. The highest BCUT2D eigenvalue weighted by molar-refractivity contribution is 5.95. The van der Waals surface area contributed by atoms with Crippen molar-refractivity contribution in [3.05, 3.63) is 47.8 Å². The summed E-state index contributed by atoms with van der Waals surface area (Å²) in [7, 11) is 0. The van der Waals surface area contributed by atoms with Crippen molar-refractivity contribution in [3.8, 4) is 5.69 Å². The van der Waals surface area contributed by atoms with Gasteiger partial charge in [0.25, 0.3) is 5.91 Å². The average Bonchev–Trinajstić information content (AvgIpc) is 3.39. The summed E-state index contributed by atoms with van der Waals surface area (Å²) >= 11 is 0. The van der Waals surface area contributed by atoms with E-state index < -0.39 is 24.6 Å². The van der Waals surface area contributed by atoms with Gasteiger partial charge in [0.2, 0.25) is 0 Å². The molecule has 2 amide bonds. The van der Waals surface area contributed by atoms with Gasteiger partial charge in [-0.1, -0.05) is 18.2 Å². The number of ether oxygens (including phenoxy) is 2. The van der Waals surface area contributed by atoms with E-state index in [1.54, 1.807) is 13.0 Å². The maximum absolute atomic E-state index is 12.4. The van der Waals surface area contributed by atoms with E-state index in [4.69, 9.17) is 4.74 Å². The van der Waals surface area contributed by atoms with Gasteiger partial charge in [-0.15, -0.1) is 0 Å². The molecule has 3 rings (SSSR count). The summed E-state index contributed by atoms with van der Waals surface area (Å²) < 4.78 is 11.1.